The molecule has 0 spiro atoms. The summed E-state index contributed by atoms with van der Waals surface area (Å²) in [4.78, 5) is 12.5. The van der Waals surface area contributed by atoms with Crippen molar-refractivity contribution in [2.75, 3.05) is 11.9 Å². The summed E-state index contributed by atoms with van der Waals surface area (Å²) in [6, 6.07) is 22.5. The van der Waals surface area contributed by atoms with Crippen LogP contribution in [-0.2, 0) is 21.2 Å². The smallest absolute Gasteiger partial charge is 0.265 e. The fraction of sp³-hybridized carbons (Fsp3) is 0.174. The number of carbonyl (C=O) groups excluding carboxylic acids is 1. The van der Waals surface area contributed by atoms with Gasteiger partial charge in [0.2, 0.25) is 10.0 Å². The van der Waals surface area contributed by atoms with Gasteiger partial charge in [0.15, 0.2) is 6.10 Å². The zero-order valence-corrected chi connectivity index (χ0v) is 18.5. The van der Waals surface area contributed by atoms with E-state index in [0.717, 1.165) is 5.56 Å². The second kappa shape index (κ2) is 10.4. The lowest BCUT2D eigenvalue weighted by Crippen LogP contribution is -2.30. The fourth-order valence-corrected chi connectivity index (χ4v) is 4.02. The molecule has 0 saturated heterocycles. The van der Waals surface area contributed by atoms with E-state index in [4.69, 9.17) is 16.3 Å². The van der Waals surface area contributed by atoms with E-state index in [0.29, 0.717) is 29.4 Å². The summed E-state index contributed by atoms with van der Waals surface area (Å²) < 4.78 is 33.1. The highest BCUT2D eigenvalue weighted by Gasteiger charge is 2.17. The highest BCUT2D eigenvalue weighted by molar-refractivity contribution is 7.89. The Hall–Kier alpha value is -2.87. The first-order chi connectivity index (χ1) is 14.8. The zero-order valence-electron chi connectivity index (χ0n) is 16.9. The monoisotopic (exact) mass is 458 g/mol. The molecule has 1 atom stereocenters. The topological polar surface area (TPSA) is 84.5 Å². The van der Waals surface area contributed by atoms with Crippen molar-refractivity contribution in [2.45, 2.75) is 24.3 Å². The number of ether oxygens (including phenoxy) is 1. The first kappa shape index (κ1) is 22.8. The van der Waals surface area contributed by atoms with Crippen molar-refractivity contribution >= 4 is 33.2 Å². The molecule has 6 nitrogen and oxygen atoms in total. The van der Waals surface area contributed by atoms with E-state index in [2.05, 4.69) is 10.0 Å². The van der Waals surface area contributed by atoms with E-state index >= 15 is 0 Å². The Kier molecular flexibility index (Phi) is 7.68. The van der Waals surface area contributed by atoms with Crippen molar-refractivity contribution in [1.29, 1.82) is 0 Å². The molecule has 3 aromatic carbocycles. The Balaban J connectivity index is 1.55. The summed E-state index contributed by atoms with van der Waals surface area (Å²) >= 11 is 6.04. The highest BCUT2D eigenvalue weighted by Crippen LogP contribution is 2.24. The molecule has 162 valence electrons. The van der Waals surface area contributed by atoms with Crippen LogP contribution < -0.4 is 14.8 Å². The van der Waals surface area contributed by atoms with E-state index < -0.39 is 16.1 Å². The summed E-state index contributed by atoms with van der Waals surface area (Å²) in [5.74, 6) is 0.0337. The molecule has 8 heteroatoms. The van der Waals surface area contributed by atoms with Crippen molar-refractivity contribution in [3.05, 3.63) is 89.4 Å². The van der Waals surface area contributed by atoms with Crippen LogP contribution in [-0.4, -0.2) is 27.0 Å². The molecule has 0 aliphatic heterocycles. The highest BCUT2D eigenvalue weighted by atomic mass is 35.5. The van der Waals surface area contributed by atoms with Crippen LogP contribution in [0.5, 0.6) is 5.75 Å². The minimum atomic E-state index is -3.64. The van der Waals surface area contributed by atoms with Crippen LogP contribution in [0.25, 0.3) is 0 Å². The van der Waals surface area contributed by atoms with Crippen LogP contribution in [0.4, 0.5) is 5.69 Å². The third-order valence-electron chi connectivity index (χ3n) is 4.49. The predicted molar refractivity (Wildman–Crippen MR) is 122 cm³/mol. The Morgan fingerprint density at radius 2 is 1.61 bits per heavy atom. The Morgan fingerprint density at radius 3 is 2.29 bits per heavy atom. The van der Waals surface area contributed by atoms with Crippen LogP contribution in [0.3, 0.4) is 0 Å². The molecule has 0 bridgehead atoms. The van der Waals surface area contributed by atoms with Crippen molar-refractivity contribution < 1.29 is 17.9 Å². The largest absolute Gasteiger partial charge is 0.479 e. The summed E-state index contributed by atoms with van der Waals surface area (Å²) in [6.07, 6.45) is -0.194. The third kappa shape index (κ3) is 6.55. The summed E-state index contributed by atoms with van der Waals surface area (Å²) in [5, 5.41) is 3.12. The molecule has 1 amide bonds. The Bertz CT molecular complexity index is 1120. The molecule has 1 unspecified atom stereocenters. The van der Waals surface area contributed by atoms with Gasteiger partial charge in [0.25, 0.3) is 5.91 Å². The van der Waals surface area contributed by atoms with Crippen LogP contribution in [0.2, 0.25) is 5.02 Å². The van der Waals surface area contributed by atoms with Crippen molar-refractivity contribution in [3.63, 3.8) is 0 Å². The van der Waals surface area contributed by atoms with E-state index in [1.165, 1.54) is 24.3 Å². The standard InChI is InChI=1S/C23H23ClN2O4S/c1-17(30-22-10-6-5-9-21(22)24)23(27)26-19-11-13-20(14-12-19)31(28,29)25-16-15-18-7-3-2-4-8-18/h2-14,17,25H,15-16H2,1H3,(H,26,27). The first-order valence-electron chi connectivity index (χ1n) is 9.71. The van der Waals surface area contributed by atoms with Gasteiger partial charge in [0, 0.05) is 12.2 Å². The molecule has 0 aliphatic rings. The van der Waals surface area contributed by atoms with Gasteiger partial charge in [-0.25, -0.2) is 13.1 Å². The molecule has 0 radical (unpaired) electrons. The maximum Gasteiger partial charge on any atom is 0.265 e. The van der Waals surface area contributed by atoms with Crippen LogP contribution in [0.1, 0.15) is 12.5 Å². The molecule has 3 aromatic rings. The number of benzene rings is 3. The van der Waals surface area contributed by atoms with Gasteiger partial charge in [-0.1, -0.05) is 54.1 Å². The fourth-order valence-electron chi connectivity index (χ4n) is 2.80. The number of nitrogens with one attached hydrogen (secondary N) is 2. The molecule has 0 saturated carbocycles. The van der Waals surface area contributed by atoms with E-state index in [9.17, 15) is 13.2 Å². The number of hydrogen-bond donors (Lipinski definition) is 2. The van der Waals surface area contributed by atoms with E-state index in [1.807, 2.05) is 30.3 Å². The first-order valence-corrected chi connectivity index (χ1v) is 11.6. The lowest BCUT2D eigenvalue weighted by molar-refractivity contribution is -0.122. The molecular weight excluding hydrogens is 436 g/mol. The number of sulfonamides is 1. The minimum Gasteiger partial charge on any atom is -0.479 e. The van der Waals surface area contributed by atoms with Gasteiger partial charge in [-0.05, 0) is 55.3 Å². The number of hydrogen-bond acceptors (Lipinski definition) is 4. The minimum absolute atomic E-state index is 0.124. The van der Waals surface area contributed by atoms with Gasteiger partial charge in [-0.3, -0.25) is 4.79 Å². The summed E-state index contributed by atoms with van der Waals surface area (Å²) in [5.41, 5.74) is 1.51. The number of amides is 1. The average Bonchev–Trinajstić information content (AvgIpc) is 2.76. The van der Waals surface area contributed by atoms with E-state index in [1.54, 1.807) is 31.2 Å². The van der Waals surface area contributed by atoms with E-state index in [-0.39, 0.29) is 10.8 Å². The van der Waals surface area contributed by atoms with Gasteiger partial charge in [-0.15, -0.1) is 0 Å². The molecule has 0 fully saturated rings. The number of carbonyl (C=O) groups is 1. The zero-order chi connectivity index (χ0) is 22.3. The third-order valence-corrected chi connectivity index (χ3v) is 6.28. The Morgan fingerprint density at radius 1 is 0.968 bits per heavy atom. The molecule has 0 heterocycles. The summed E-state index contributed by atoms with van der Waals surface area (Å²) in [7, 11) is -3.64. The molecule has 0 aliphatic carbocycles. The molecular formula is C23H23ClN2O4S. The SMILES string of the molecule is CC(Oc1ccccc1Cl)C(=O)Nc1ccc(S(=O)(=O)NCCc2ccccc2)cc1. The van der Waals surface area contributed by atoms with Gasteiger partial charge in [0.05, 0.1) is 9.92 Å². The summed E-state index contributed by atoms with van der Waals surface area (Å²) in [6.45, 7) is 1.90. The van der Waals surface area contributed by atoms with Crippen molar-refractivity contribution in [3.8, 4) is 5.75 Å². The van der Waals surface area contributed by atoms with Crippen molar-refractivity contribution in [1.82, 2.24) is 4.72 Å². The molecule has 3 rings (SSSR count). The van der Waals surface area contributed by atoms with Crippen LogP contribution >= 0.6 is 11.6 Å². The molecule has 2 N–H and O–H groups in total. The number of rotatable bonds is 9. The van der Waals surface area contributed by atoms with Gasteiger partial charge < -0.3 is 10.1 Å². The lowest BCUT2D eigenvalue weighted by atomic mass is 10.2. The predicted octanol–water partition coefficient (Wildman–Crippen LogP) is 4.27. The van der Waals surface area contributed by atoms with Gasteiger partial charge in [0.1, 0.15) is 5.75 Å². The second-order valence-electron chi connectivity index (χ2n) is 6.84. The van der Waals surface area contributed by atoms with Crippen LogP contribution in [0.15, 0.2) is 83.8 Å². The number of para-hydroxylation sites is 1. The Labute approximate surface area is 187 Å². The molecule has 0 aromatic heterocycles. The van der Waals surface area contributed by atoms with Crippen molar-refractivity contribution in [2.24, 2.45) is 0 Å². The second-order valence-corrected chi connectivity index (χ2v) is 9.01. The number of halogens is 1. The number of anilines is 1. The quantitative estimate of drug-likeness (QED) is 0.501. The maximum absolute atomic E-state index is 12.5. The average molecular weight is 459 g/mol. The maximum atomic E-state index is 12.5. The van der Waals surface area contributed by atoms with Gasteiger partial charge >= 0.3 is 0 Å². The van der Waals surface area contributed by atoms with Gasteiger partial charge in [-0.2, -0.15) is 0 Å². The lowest BCUT2D eigenvalue weighted by Gasteiger charge is -2.15. The normalized spacial score (nSPS) is 12.2. The van der Waals surface area contributed by atoms with Crippen LogP contribution in [0, 0.1) is 0 Å². The molecule has 31 heavy (non-hydrogen) atoms.